The molecule has 0 aliphatic carbocycles. The van der Waals surface area contributed by atoms with Crippen LogP contribution in [0.1, 0.15) is 5.82 Å². The number of aryl methyl sites for hydroxylation is 1. The maximum atomic E-state index is 11.4. The van der Waals surface area contributed by atoms with E-state index in [-0.39, 0.29) is 0 Å². The molecule has 2 aromatic rings. The number of fused-ring (bicyclic) bond motifs is 1. The summed E-state index contributed by atoms with van der Waals surface area (Å²) in [5.74, 6) is 0.883. The quantitative estimate of drug-likeness (QED) is 0.874. The minimum Gasteiger partial charge on any atom is -0.330 e. The van der Waals surface area contributed by atoms with Crippen LogP contribution in [0, 0.1) is 0 Å². The lowest BCUT2D eigenvalue weighted by Gasteiger charge is -2.01. The van der Waals surface area contributed by atoms with E-state index >= 15 is 0 Å². The average Bonchev–Trinajstić information content (AvgIpc) is 2.55. The molecule has 17 heavy (non-hydrogen) atoms. The molecule has 1 N–H and O–H groups in total. The van der Waals surface area contributed by atoms with Crippen molar-refractivity contribution >= 4 is 20.9 Å². The van der Waals surface area contributed by atoms with E-state index < -0.39 is 9.84 Å². The molecule has 2 rings (SSSR count). The number of imidazole rings is 1. The Morgan fingerprint density at radius 3 is 2.71 bits per heavy atom. The Kier molecular flexibility index (Phi) is 2.92. The summed E-state index contributed by atoms with van der Waals surface area (Å²) in [6.45, 7) is 0.652. The molecular formula is C11H15N3O2S. The van der Waals surface area contributed by atoms with E-state index in [4.69, 9.17) is 0 Å². The van der Waals surface area contributed by atoms with Crippen molar-refractivity contribution in [1.29, 1.82) is 0 Å². The van der Waals surface area contributed by atoms with Crippen molar-refractivity contribution in [1.82, 2.24) is 14.9 Å². The van der Waals surface area contributed by atoms with Crippen LogP contribution in [0.5, 0.6) is 0 Å². The summed E-state index contributed by atoms with van der Waals surface area (Å²) in [5, 5.41) is 3.03. The van der Waals surface area contributed by atoms with Crippen molar-refractivity contribution in [3.8, 4) is 0 Å². The fraction of sp³-hybridized carbons (Fsp3) is 0.364. The Balaban J connectivity index is 2.63. The van der Waals surface area contributed by atoms with E-state index in [0.29, 0.717) is 17.0 Å². The topological polar surface area (TPSA) is 64.0 Å². The second-order valence-corrected chi connectivity index (χ2v) is 6.06. The molecule has 0 bridgehead atoms. The lowest BCUT2D eigenvalue weighted by atomic mass is 10.3. The zero-order chi connectivity index (χ0) is 12.6. The SMILES string of the molecule is CNCc1nc2cc(S(C)(=O)=O)ccc2n1C. The molecule has 1 aromatic carbocycles. The fourth-order valence-electron chi connectivity index (χ4n) is 1.78. The van der Waals surface area contributed by atoms with Gasteiger partial charge in [0, 0.05) is 13.3 Å². The predicted molar refractivity (Wildman–Crippen MR) is 66.6 cm³/mol. The zero-order valence-electron chi connectivity index (χ0n) is 10.1. The first-order valence-corrected chi connectivity index (χ1v) is 7.12. The molecule has 0 aliphatic rings. The Morgan fingerprint density at radius 1 is 1.41 bits per heavy atom. The van der Waals surface area contributed by atoms with Gasteiger partial charge in [0.2, 0.25) is 0 Å². The number of nitrogens with one attached hydrogen (secondary N) is 1. The highest BCUT2D eigenvalue weighted by molar-refractivity contribution is 7.90. The van der Waals surface area contributed by atoms with Gasteiger partial charge in [-0.15, -0.1) is 0 Å². The summed E-state index contributed by atoms with van der Waals surface area (Å²) in [6.07, 6.45) is 1.20. The molecule has 0 atom stereocenters. The molecule has 0 fully saturated rings. The highest BCUT2D eigenvalue weighted by Crippen LogP contribution is 2.19. The van der Waals surface area contributed by atoms with Crippen LogP contribution >= 0.6 is 0 Å². The number of aromatic nitrogens is 2. The number of nitrogens with zero attached hydrogens (tertiary/aromatic N) is 2. The van der Waals surface area contributed by atoms with Crippen molar-refractivity contribution in [2.75, 3.05) is 13.3 Å². The van der Waals surface area contributed by atoms with Crippen LogP contribution in [0.25, 0.3) is 11.0 Å². The highest BCUT2D eigenvalue weighted by Gasteiger charge is 2.11. The van der Waals surface area contributed by atoms with E-state index in [1.54, 1.807) is 18.2 Å². The summed E-state index contributed by atoms with van der Waals surface area (Å²) in [4.78, 5) is 4.72. The monoisotopic (exact) mass is 253 g/mol. The van der Waals surface area contributed by atoms with Crippen LogP contribution in [-0.2, 0) is 23.4 Å². The Bertz CT molecular complexity index is 659. The van der Waals surface area contributed by atoms with Crippen LogP contribution in [0.2, 0.25) is 0 Å². The maximum absolute atomic E-state index is 11.4. The first-order valence-electron chi connectivity index (χ1n) is 5.23. The average molecular weight is 253 g/mol. The molecule has 0 radical (unpaired) electrons. The Morgan fingerprint density at radius 2 is 2.12 bits per heavy atom. The van der Waals surface area contributed by atoms with Gasteiger partial charge in [0.25, 0.3) is 0 Å². The van der Waals surface area contributed by atoms with Gasteiger partial charge in [-0.1, -0.05) is 0 Å². The van der Waals surface area contributed by atoms with E-state index in [0.717, 1.165) is 11.3 Å². The van der Waals surface area contributed by atoms with E-state index in [9.17, 15) is 8.42 Å². The molecule has 0 aliphatic heterocycles. The third kappa shape index (κ3) is 2.18. The van der Waals surface area contributed by atoms with Crippen LogP contribution in [0.4, 0.5) is 0 Å². The van der Waals surface area contributed by atoms with Crippen molar-refractivity contribution < 1.29 is 8.42 Å². The Labute approximate surface area is 100 Å². The van der Waals surface area contributed by atoms with Gasteiger partial charge in [-0.05, 0) is 25.2 Å². The second-order valence-electron chi connectivity index (χ2n) is 4.04. The minimum absolute atomic E-state index is 0.305. The molecular weight excluding hydrogens is 238 g/mol. The number of benzene rings is 1. The van der Waals surface area contributed by atoms with E-state index in [1.165, 1.54) is 6.26 Å². The summed E-state index contributed by atoms with van der Waals surface area (Å²) >= 11 is 0. The minimum atomic E-state index is -3.18. The van der Waals surface area contributed by atoms with Crippen LogP contribution in [0.3, 0.4) is 0 Å². The molecule has 0 saturated heterocycles. The maximum Gasteiger partial charge on any atom is 0.175 e. The van der Waals surface area contributed by atoms with Gasteiger partial charge in [-0.3, -0.25) is 0 Å². The number of hydrogen-bond donors (Lipinski definition) is 1. The van der Waals surface area contributed by atoms with Crippen molar-refractivity contribution in [2.24, 2.45) is 7.05 Å². The smallest absolute Gasteiger partial charge is 0.175 e. The van der Waals surface area contributed by atoms with Crippen LogP contribution in [0.15, 0.2) is 23.1 Å². The van der Waals surface area contributed by atoms with E-state index in [1.807, 2.05) is 18.7 Å². The first kappa shape index (κ1) is 12.1. The standard InChI is InChI=1S/C11H15N3O2S/c1-12-7-11-13-9-6-8(17(3,15)16)4-5-10(9)14(11)2/h4-6,12H,7H2,1-3H3. The molecule has 0 saturated carbocycles. The molecule has 1 aromatic heterocycles. The molecule has 0 spiro atoms. The largest absolute Gasteiger partial charge is 0.330 e. The van der Waals surface area contributed by atoms with Gasteiger partial charge in [0.1, 0.15) is 5.82 Å². The van der Waals surface area contributed by atoms with Gasteiger partial charge >= 0.3 is 0 Å². The normalized spacial score (nSPS) is 12.2. The molecule has 92 valence electrons. The van der Waals surface area contributed by atoms with Gasteiger partial charge < -0.3 is 9.88 Å². The molecule has 5 nitrogen and oxygen atoms in total. The first-order chi connectivity index (χ1) is 7.93. The summed E-state index contributed by atoms with van der Waals surface area (Å²) < 4.78 is 24.9. The zero-order valence-corrected chi connectivity index (χ0v) is 10.9. The summed E-state index contributed by atoms with van der Waals surface area (Å²) in [7, 11) is 0.592. The van der Waals surface area contributed by atoms with Crippen molar-refractivity contribution in [3.63, 3.8) is 0 Å². The van der Waals surface area contributed by atoms with Gasteiger partial charge in [-0.2, -0.15) is 0 Å². The number of hydrogen-bond acceptors (Lipinski definition) is 4. The van der Waals surface area contributed by atoms with E-state index in [2.05, 4.69) is 10.3 Å². The van der Waals surface area contributed by atoms with Gasteiger partial charge in [-0.25, -0.2) is 13.4 Å². The van der Waals surface area contributed by atoms with Gasteiger partial charge in [0.05, 0.1) is 22.5 Å². The summed E-state index contributed by atoms with van der Waals surface area (Å²) in [5.41, 5.74) is 1.64. The molecule has 6 heteroatoms. The highest BCUT2D eigenvalue weighted by atomic mass is 32.2. The number of sulfone groups is 1. The number of rotatable bonds is 3. The van der Waals surface area contributed by atoms with Crippen molar-refractivity contribution in [2.45, 2.75) is 11.4 Å². The molecule has 0 amide bonds. The third-order valence-corrected chi connectivity index (χ3v) is 3.82. The fourth-order valence-corrected chi connectivity index (χ4v) is 2.42. The van der Waals surface area contributed by atoms with Crippen LogP contribution < -0.4 is 5.32 Å². The predicted octanol–water partition coefficient (Wildman–Crippen LogP) is 0.696. The van der Waals surface area contributed by atoms with Crippen molar-refractivity contribution in [3.05, 3.63) is 24.0 Å². The molecule has 0 unspecified atom stereocenters. The van der Waals surface area contributed by atoms with Crippen LogP contribution in [-0.4, -0.2) is 31.3 Å². The molecule has 1 heterocycles. The third-order valence-electron chi connectivity index (χ3n) is 2.71. The lowest BCUT2D eigenvalue weighted by Crippen LogP contribution is -2.10. The van der Waals surface area contributed by atoms with Gasteiger partial charge in [0.15, 0.2) is 9.84 Å². The Hall–Kier alpha value is -1.40. The second kappa shape index (κ2) is 4.12. The summed E-state index contributed by atoms with van der Waals surface area (Å²) in [6, 6.07) is 5.02. The lowest BCUT2D eigenvalue weighted by molar-refractivity contribution is 0.602.